The Morgan fingerprint density at radius 3 is 1.94 bits per heavy atom. The molecule has 0 bridgehead atoms. The Labute approximate surface area is 98.2 Å². The van der Waals surface area contributed by atoms with Crippen LogP contribution < -0.4 is 0 Å². The number of rotatable bonds is 10. The molecule has 0 saturated heterocycles. The van der Waals surface area contributed by atoms with Crippen LogP contribution in [0.2, 0.25) is 0 Å². The summed E-state index contributed by atoms with van der Waals surface area (Å²) in [6.45, 7) is 4.12. The van der Waals surface area contributed by atoms with E-state index in [0.717, 1.165) is 32.1 Å². The summed E-state index contributed by atoms with van der Waals surface area (Å²) >= 11 is 0. The smallest absolute Gasteiger partial charge is 0.303 e. The van der Waals surface area contributed by atoms with Crippen LogP contribution >= 0.6 is 0 Å². The van der Waals surface area contributed by atoms with Crippen molar-refractivity contribution in [3.63, 3.8) is 0 Å². The lowest BCUT2D eigenvalue weighted by Gasteiger charge is -2.03. The van der Waals surface area contributed by atoms with E-state index < -0.39 is 5.97 Å². The molecule has 0 radical (unpaired) electrons. The third-order valence-electron chi connectivity index (χ3n) is 2.48. The second-order valence-electron chi connectivity index (χ2n) is 4.80. The number of aliphatic carboxylic acids is 1. The molecule has 0 aromatic rings. The molecule has 3 heteroatoms. The summed E-state index contributed by atoms with van der Waals surface area (Å²) < 4.78 is 0. The first-order chi connectivity index (χ1) is 7.52. The zero-order valence-corrected chi connectivity index (χ0v) is 10.5. The summed E-state index contributed by atoms with van der Waals surface area (Å²) in [4.78, 5) is 21.6. The van der Waals surface area contributed by atoms with E-state index >= 15 is 0 Å². The van der Waals surface area contributed by atoms with Gasteiger partial charge in [-0.2, -0.15) is 0 Å². The van der Waals surface area contributed by atoms with Gasteiger partial charge in [0.15, 0.2) is 0 Å². The highest BCUT2D eigenvalue weighted by molar-refractivity contribution is 5.78. The van der Waals surface area contributed by atoms with Gasteiger partial charge in [-0.15, -0.1) is 0 Å². The van der Waals surface area contributed by atoms with Gasteiger partial charge in [0.05, 0.1) is 0 Å². The molecule has 0 unspecified atom stereocenters. The molecule has 3 nitrogen and oxygen atoms in total. The molecule has 0 aliphatic heterocycles. The Bertz CT molecular complexity index is 209. The van der Waals surface area contributed by atoms with Gasteiger partial charge in [0, 0.05) is 19.3 Å². The number of hydrogen-bond donors (Lipinski definition) is 1. The van der Waals surface area contributed by atoms with Crippen LogP contribution in [-0.2, 0) is 9.59 Å². The van der Waals surface area contributed by atoms with E-state index in [2.05, 4.69) is 13.8 Å². The standard InChI is InChI=1S/C13H24O3/c1-11(2)10-12(14)8-6-4-3-5-7-9-13(15)16/h11H,3-10H2,1-2H3,(H,15,16). The van der Waals surface area contributed by atoms with E-state index in [4.69, 9.17) is 5.11 Å². The molecule has 0 atom stereocenters. The van der Waals surface area contributed by atoms with Crippen LogP contribution in [0.1, 0.15) is 65.2 Å². The number of Topliss-reactive ketones (excluding diaryl/α,β-unsaturated/α-hetero) is 1. The molecule has 0 aliphatic carbocycles. The summed E-state index contributed by atoms with van der Waals surface area (Å²) in [6, 6.07) is 0. The fourth-order valence-electron chi connectivity index (χ4n) is 1.69. The first-order valence-corrected chi connectivity index (χ1v) is 6.26. The molecule has 0 aromatic heterocycles. The van der Waals surface area contributed by atoms with Crippen molar-refractivity contribution in [2.75, 3.05) is 0 Å². The molecule has 0 aromatic carbocycles. The Hall–Kier alpha value is -0.860. The Morgan fingerprint density at radius 2 is 1.44 bits per heavy atom. The van der Waals surface area contributed by atoms with Crippen LogP contribution in [-0.4, -0.2) is 16.9 Å². The number of unbranched alkanes of at least 4 members (excludes halogenated alkanes) is 4. The van der Waals surface area contributed by atoms with Crippen LogP contribution in [0.15, 0.2) is 0 Å². The zero-order valence-electron chi connectivity index (χ0n) is 10.5. The molecule has 0 fully saturated rings. The van der Waals surface area contributed by atoms with Crippen molar-refractivity contribution in [1.82, 2.24) is 0 Å². The van der Waals surface area contributed by atoms with Crippen LogP contribution in [0, 0.1) is 5.92 Å². The van der Waals surface area contributed by atoms with Gasteiger partial charge in [-0.3, -0.25) is 9.59 Å². The average molecular weight is 228 g/mol. The Kier molecular flexibility index (Phi) is 8.87. The zero-order chi connectivity index (χ0) is 12.4. The summed E-state index contributed by atoms with van der Waals surface area (Å²) in [7, 11) is 0. The van der Waals surface area contributed by atoms with E-state index in [1.807, 2.05) is 0 Å². The highest BCUT2D eigenvalue weighted by Crippen LogP contribution is 2.10. The van der Waals surface area contributed by atoms with Crippen molar-refractivity contribution < 1.29 is 14.7 Å². The van der Waals surface area contributed by atoms with Crippen molar-refractivity contribution >= 4 is 11.8 Å². The number of hydrogen-bond acceptors (Lipinski definition) is 2. The quantitative estimate of drug-likeness (QED) is 0.583. The van der Waals surface area contributed by atoms with Crippen molar-refractivity contribution in [1.29, 1.82) is 0 Å². The predicted molar refractivity (Wildman–Crippen MR) is 64.4 cm³/mol. The Balaban J connectivity index is 3.20. The highest BCUT2D eigenvalue weighted by atomic mass is 16.4. The van der Waals surface area contributed by atoms with Crippen molar-refractivity contribution in [2.24, 2.45) is 5.92 Å². The van der Waals surface area contributed by atoms with Crippen molar-refractivity contribution in [2.45, 2.75) is 65.2 Å². The van der Waals surface area contributed by atoms with Gasteiger partial charge in [0.25, 0.3) is 0 Å². The molecule has 0 aliphatic rings. The lowest BCUT2D eigenvalue weighted by Crippen LogP contribution is -2.02. The van der Waals surface area contributed by atoms with E-state index in [-0.39, 0.29) is 6.42 Å². The summed E-state index contributed by atoms with van der Waals surface area (Å²) in [5.74, 6) is 0.107. The fourth-order valence-corrected chi connectivity index (χ4v) is 1.69. The lowest BCUT2D eigenvalue weighted by molar-refractivity contribution is -0.137. The minimum Gasteiger partial charge on any atom is -0.481 e. The molecule has 16 heavy (non-hydrogen) atoms. The number of carboxylic acids is 1. The summed E-state index contributed by atoms with van der Waals surface area (Å²) in [5, 5.41) is 8.43. The molecule has 0 amide bonds. The Morgan fingerprint density at radius 1 is 0.938 bits per heavy atom. The molecule has 1 N–H and O–H groups in total. The van der Waals surface area contributed by atoms with Crippen molar-refractivity contribution in [3.05, 3.63) is 0 Å². The van der Waals surface area contributed by atoms with E-state index in [0.29, 0.717) is 24.5 Å². The average Bonchev–Trinajstić information content (AvgIpc) is 2.14. The minimum atomic E-state index is -0.716. The predicted octanol–water partition coefficient (Wildman–Crippen LogP) is 3.42. The minimum absolute atomic E-state index is 0.270. The summed E-state index contributed by atoms with van der Waals surface area (Å²) in [5.41, 5.74) is 0. The molecule has 0 rings (SSSR count). The first-order valence-electron chi connectivity index (χ1n) is 6.26. The lowest BCUT2D eigenvalue weighted by atomic mass is 10.0. The maximum atomic E-state index is 11.4. The van der Waals surface area contributed by atoms with E-state index in [9.17, 15) is 9.59 Å². The van der Waals surface area contributed by atoms with Gasteiger partial charge in [-0.25, -0.2) is 0 Å². The number of carbonyl (C=O) groups is 2. The normalized spacial score (nSPS) is 10.7. The van der Waals surface area contributed by atoms with E-state index in [1.165, 1.54) is 0 Å². The van der Waals surface area contributed by atoms with Gasteiger partial charge in [-0.05, 0) is 18.8 Å². The molecule has 0 heterocycles. The van der Waals surface area contributed by atoms with Gasteiger partial charge < -0.3 is 5.11 Å². The highest BCUT2D eigenvalue weighted by Gasteiger charge is 2.04. The second-order valence-corrected chi connectivity index (χ2v) is 4.80. The first kappa shape index (κ1) is 15.1. The maximum Gasteiger partial charge on any atom is 0.303 e. The van der Waals surface area contributed by atoms with Gasteiger partial charge in [0.2, 0.25) is 0 Å². The van der Waals surface area contributed by atoms with Gasteiger partial charge in [-0.1, -0.05) is 33.1 Å². The van der Waals surface area contributed by atoms with Gasteiger partial charge >= 0.3 is 5.97 Å². The second kappa shape index (κ2) is 9.37. The largest absolute Gasteiger partial charge is 0.481 e. The molecular formula is C13H24O3. The third kappa shape index (κ3) is 11.2. The number of ketones is 1. The molecule has 0 spiro atoms. The third-order valence-corrected chi connectivity index (χ3v) is 2.48. The van der Waals surface area contributed by atoms with E-state index in [1.54, 1.807) is 0 Å². The number of carboxylic acid groups (broad SMARTS) is 1. The molecule has 94 valence electrons. The van der Waals surface area contributed by atoms with Crippen LogP contribution in [0.4, 0.5) is 0 Å². The van der Waals surface area contributed by atoms with Gasteiger partial charge in [0.1, 0.15) is 5.78 Å². The fraction of sp³-hybridized carbons (Fsp3) is 0.846. The topological polar surface area (TPSA) is 54.4 Å². The number of carbonyl (C=O) groups excluding carboxylic acids is 1. The molecule has 0 saturated carbocycles. The van der Waals surface area contributed by atoms with Crippen LogP contribution in [0.3, 0.4) is 0 Å². The van der Waals surface area contributed by atoms with Crippen LogP contribution in [0.25, 0.3) is 0 Å². The van der Waals surface area contributed by atoms with Crippen LogP contribution in [0.5, 0.6) is 0 Å². The van der Waals surface area contributed by atoms with Crippen molar-refractivity contribution in [3.8, 4) is 0 Å². The maximum absolute atomic E-state index is 11.4. The SMILES string of the molecule is CC(C)CC(=O)CCCCCCCC(=O)O. The monoisotopic (exact) mass is 228 g/mol. The molecular weight excluding hydrogens is 204 g/mol. The summed E-state index contributed by atoms with van der Waals surface area (Å²) in [6.07, 6.45) is 6.42.